The monoisotopic (exact) mass is 227 g/mol. The van der Waals surface area contributed by atoms with E-state index in [1.54, 1.807) is 6.92 Å². The first-order chi connectivity index (χ1) is 7.54. The molecule has 0 radical (unpaired) electrons. The van der Waals surface area contributed by atoms with Crippen molar-refractivity contribution in [2.45, 2.75) is 13.0 Å². The summed E-state index contributed by atoms with van der Waals surface area (Å²) in [6, 6.07) is 3.83. The second kappa shape index (κ2) is 5.46. The number of methoxy groups -OCH3 is 1. The largest absolute Gasteiger partial charge is 0.494 e. The molecule has 1 amide bonds. The van der Waals surface area contributed by atoms with Crippen LogP contribution in [-0.4, -0.2) is 30.8 Å². The number of hydrogen-bond acceptors (Lipinski definition) is 3. The molecule has 16 heavy (non-hydrogen) atoms. The van der Waals surface area contributed by atoms with Gasteiger partial charge < -0.3 is 15.2 Å². The number of aliphatic hydroxyl groups excluding tert-OH is 1. The minimum atomic E-state index is -0.619. The first-order valence-electron chi connectivity index (χ1n) is 4.84. The van der Waals surface area contributed by atoms with Crippen LogP contribution in [0.5, 0.6) is 5.75 Å². The molecule has 0 aliphatic heterocycles. The molecule has 0 saturated heterocycles. The highest BCUT2D eigenvalue weighted by Gasteiger charge is 2.10. The van der Waals surface area contributed by atoms with Crippen molar-refractivity contribution >= 4 is 5.91 Å². The molecule has 0 spiro atoms. The Kier molecular flexibility index (Phi) is 4.25. The lowest BCUT2D eigenvalue weighted by Crippen LogP contribution is -2.30. The summed E-state index contributed by atoms with van der Waals surface area (Å²) >= 11 is 0. The van der Waals surface area contributed by atoms with Gasteiger partial charge in [0.05, 0.1) is 13.2 Å². The Morgan fingerprint density at radius 2 is 2.31 bits per heavy atom. The average Bonchev–Trinajstić information content (AvgIpc) is 2.26. The topological polar surface area (TPSA) is 58.6 Å². The number of ether oxygens (including phenoxy) is 1. The van der Waals surface area contributed by atoms with Gasteiger partial charge in [-0.3, -0.25) is 4.79 Å². The third-order valence-corrected chi connectivity index (χ3v) is 1.97. The van der Waals surface area contributed by atoms with Gasteiger partial charge in [-0.1, -0.05) is 0 Å². The van der Waals surface area contributed by atoms with Crippen LogP contribution in [0.4, 0.5) is 4.39 Å². The van der Waals surface area contributed by atoms with Gasteiger partial charge in [0.1, 0.15) is 0 Å². The number of halogens is 1. The van der Waals surface area contributed by atoms with E-state index >= 15 is 0 Å². The van der Waals surface area contributed by atoms with E-state index in [4.69, 9.17) is 9.84 Å². The maximum Gasteiger partial charge on any atom is 0.251 e. The van der Waals surface area contributed by atoms with E-state index in [0.717, 1.165) is 6.07 Å². The molecule has 0 fully saturated rings. The van der Waals surface area contributed by atoms with Crippen molar-refractivity contribution < 1.29 is 19.0 Å². The third-order valence-electron chi connectivity index (χ3n) is 1.97. The normalized spacial score (nSPS) is 12.0. The molecular weight excluding hydrogens is 213 g/mol. The number of nitrogens with one attached hydrogen (secondary N) is 1. The maximum absolute atomic E-state index is 13.1. The number of hydrogen-bond donors (Lipinski definition) is 2. The van der Waals surface area contributed by atoms with Gasteiger partial charge in [-0.05, 0) is 25.1 Å². The molecule has 0 bridgehead atoms. The maximum atomic E-state index is 13.1. The summed E-state index contributed by atoms with van der Waals surface area (Å²) in [5, 5.41) is 11.5. The zero-order chi connectivity index (χ0) is 12.1. The second-order valence-electron chi connectivity index (χ2n) is 3.41. The highest BCUT2D eigenvalue weighted by atomic mass is 19.1. The van der Waals surface area contributed by atoms with Crippen LogP contribution in [0.3, 0.4) is 0 Å². The van der Waals surface area contributed by atoms with Crippen LogP contribution in [0.15, 0.2) is 18.2 Å². The summed E-state index contributed by atoms with van der Waals surface area (Å²) in [6.07, 6.45) is -0.619. The van der Waals surface area contributed by atoms with E-state index < -0.39 is 11.9 Å². The van der Waals surface area contributed by atoms with Crippen molar-refractivity contribution in [3.05, 3.63) is 29.6 Å². The van der Waals surface area contributed by atoms with E-state index in [2.05, 4.69) is 5.32 Å². The van der Waals surface area contributed by atoms with Gasteiger partial charge in [0.15, 0.2) is 11.6 Å². The minimum absolute atomic E-state index is 0.0182. The standard InChI is InChI=1S/C11H14FNO3/c1-7(14)6-13-11(15)8-3-4-9(12)10(5-8)16-2/h3-5,7,14H,6H2,1-2H3,(H,13,15)/t7-/m1/s1. The van der Waals surface area contributed by atoms with Crippen molar-refractivity contribution in [1.29, 1.82) is 0 Å². The predicted molar refractivity (Wildman–Crippen MR) is 57.0 cm³/mol. The molecule has 1 aromatic carbocycles. The van der Waals surface area contributed by atoms with E-state index in [0.29, 0.717) is 5.56 Å². The third kappa shape index (κ3) is 3.20. The summed E-state index contributed by atoms with van der Waals surface area (Å²) < 4.78 is 17.8. The van der Waals surface area contributed by atoms with E-state index in [1.165, 1.54) is 19.2 Å². The number of carbonyl (C=O) groups is 1. The van der Waals surface area contributed by atoms with Gasteiger partial charge in [-0.2, -0.15) is 0 Å². The van der Waals surface area contributed by atoms with Crippen molar-refractivity contribution in [2.24, 2.45) is 0 Å². The Morgan fingerprint density at radius 3 is 2.88 bits per heavy atom. The van der Waals surface area contributed by atoms with Crippen LogP contribution >= 0.6 is 0 Å². The molecule has 1 rings (SSSR count). The van der Waals surface area contributed by atoms with Crippen molar-refractivity contribution in [3.63, 3.8) is 0 Å². The lowest BCUT2D eigenvalue weighted by molar-refractivity contribution is 0.0923. The fourth-order valence-electron chi connectivity index (χ4n) is 1.14. The van der Waals surface area contributed by atoms with E-state index in [1.807, 2.05) is 0 Å². The predicted octanol–water partition coefficient (Wildman–Crippen LogP) is 0.945. The van der Waals surface area contributed by atoms with Crippen LogP contribution in [0.2, 0.25) is 0 Å². The first-order valence-corrected chi connectivity index (χ1v) is 4.84. The second-order valence-corrected chi connectivity index (χ2v) is 3.41. The van der Waals surface area contributed by atoms with Crippen molar-refractivity contribution in [1.82, 2.24) is 5.32 Å². The summed E-state index contributed by atoms with van der Waals surface area (Å²) in [6.45, 7) is 1.71. The Labute approximate surface area is 93.0 Å². The smallest absolute Gasteiger partial charge is 0.251 e. The molecule has 5 heteroatoms. The van der Waals surface area contributed by atoms with Gasteiger partial charge in [0.2, 0.25) is 0 Å². The molecule has 0 aliphatic carbocycles. The number of rotatable bonds is 4. The molecule has 4 nitrogen and oxygen atoms in total. The van der Waals surface area contributed by atoms with Crippen LogP contribution < -0.4 is 10.1 Å². The number of amides is 1. The Bertz CT molecular complexity index is 379. The molecule has 0 aromatic heterocycles. The summed E-state index contributed by atoms with van der Waals surface area (Å²) in [5.74, 6) is -0.876. The number of benzene rings is 1. The van der Waals surface area contributed by atoms with Crippen LogP contribution in [0.25, 0.3) is 0 Å². The summed E-state index contributed by atoms with van der Waals surface area (Å²) in [4.78, 5) is 11.5. The number of aliphatic hydroxyl groups is 1. The molecule has 1 atom stereocenters. The Morgan fingerprint density at radius 1 is 1.62 bits per heavy atom. The van der Waals surface area contributed by atoms with E-state index in [9.17, 15) is 9.18 Å². The molecule has 0 unspecified atom stereocenters. The fraction of sp³-hybridized carbons (Fsp3) is 0.364. The summed E-state index contributed by atoms with van der Waals surface area (Å²) in [7, 11) is 1.33. The lowest BCUT2D eigenvalue weighted by Gasteiger charge is -2.08. The van der Waals surface area contributed by atoms with E-state index in [-0.39, 0.29) is 18.2 Å². The lowest BCUT2D eigenvalue weighted by atomic mass is 10.2. The first kappa shape index (κ1) is 12.4. The van der Waals surface area contributed by atoms with Gasteiger partial charge in [-0.25, -0.2) is 4.39 Å². The average molecular weight is 227 g/mol. The van der Waals surface area contributed by atoms with Gasteiger partial charge in [0.25, 0.3) is 5.91 Å². The van der Waals surface area contributed by atoms with Crippen LogP contribution in [-0.2, 0) is 0 Å². The Balaban J connectivity index is 2.76. The molecule has 0 saturated carbocycles. The quantitative estimate of drug-likeness (QED) is 0.805. The Hall–Kier alpha value is -1.62. The highest BCUT2D eigenvalue weighted by Crippen LogP contribution is 2.17. The SMILES string of the molecule is COc1cc(C(=O)NC[C@@H](C)O)ccc1F. The van der Waals surface area contributed by atoms with Crippen molar-refractivity contribution in [2.75, 3.05) is 13.7 Å². The molecule has 0 aliphatic rings. The van der Waals surface area contributed by atoms with Gasteiger partial charge in [-0.15, -0.1) is 0 Å². The van der Waals surface area contributed by atoms with Crippen molar-refractivity contribution in [3.8, 4) is 5.75 Å². The van der Waals surface area contributed by atoms with Crippen LogP contribution in [0.1, 0.15) is 17.3 Å². The zero-order valence-electron chi connectivity index (χ0n) is 9.16. The molecule has 2 N–H and O–H groups in total. The zero-order valence-corrected chi connectivity index (χ0v) is 9.16. The summed E-state index contributed by atoms with van der Waals surface area (Å²) in [5.41, 5.74) is 0.291. The fourth-order valence-corrected chi connectivity index (χ4v) is 1.14. The van der Waals surface area contributed by atoms with Gasteiger partial charge in [0, 0.05) is 12.1 Å². The van der Waals surface area contributed by atoms with Gasteiger partial charge >= 0.3 is 0 Å². The molecule has 1 aromatic rings. The number of carbonyl (C=O) groups excluding carboxylic acids is 1. The minimum Gasteiger partial charge on any atom is -0.494 e. The molecule has 88 valence electrons. The van der Waals surface area contributed by atoms with Crippen LogP contribution in [0, 0.1) is 5.82 Å². The highest BCUT2D eigenvalue weighted by molar-refractivity contribution is 5.94. The molecular formula is C11H14FNO3. The molecule has 0 heterocycles.